The van der Waals surface area contributed by atoms with Crippen LogP contribution in [0, 0.1) is 0 Å². The molecule has 0 atom stereocenters. The van der Waals surface area contributed by atoms with Crippen molar-refractivity contribution in [1.82, 2.24) is 0 Å². The third-order valence-corrected chi connectivity index (χ3v) is 3.12. The van der Waals surface area contributed by atoms with Crippen molar-refractivity contribution >= 4 is 21.7 Å². The van der Waals surface area contributed by atoms with Crippen LogP contribution in [0.25, 0.3) is 0 Å². The lowest BCUT2D eigenvalue weighted by molar-refractivity contribution is 0.402. The van der Waals surface area contributed by atoms with E-state index in [1.54, 1.807) is 18.2 Å². The number of para-hydroxylation sites is 1. The van der Waals surface area contributed by atoms with E-state index in [9.17, 15) is 8.42 Å². The van der Waals surface area contributed by atoms with Crippen LogP contribution in [0.4, 0.5) is 5.69 Å². The van der Waals surface area contributed by atoms with Gasteiger partial charge in [-0.05, 0) is 12.1 Å². The topological polar surface area (TPSA) is 67.8 Å². The van der Waals surface area contributed by atoms with Gasteiger partial charge in [0.25, 0.3) is 10.0 Å². The summed E-state index contributed by atoms with van der Waals surface area (Å²) in [6.07, 6.45) is 0. The quantitative estimate of drug-likeness (QED) is 0.690. The van der Waals surface area contributed by atoms with Gasteiger partial charge in [0.2, 0.25) is 0 Å². The second-order valence-electron chi connectivity index (χ2n) is 2.70. The third kappa shape index (κ3) is 1.33. The smallest absolute Gasteiger partial charge is 0.305 e. The van der Waals surface area contributed by atoms with Crippen LogP contribution in [0.1, 0.15) is 0 Å². The molecule has 2 rings (SSSR count). The Kier molecular flexibility index (Phi) is 1.92. The van der Waals surface area contributed by atoms with Gasteiger partial charge in [0.15, 0.2) is 0 Å². The van der Waals surface area contributed by atoms with Crippen molar-refractivity contribution in [3.05, 3.63) is 24.3 Å². The minimum atomic E-state index is -3.60. The maximum absolute atomic E-state index is 11.5. The van der Waals surface area contributed by atoms with Crippen molar-refractivity contribution in [3.63, 3.8) is 0 Å². The number of anilines is 1. The van der Waals surface area contributed by atoms with Crippen LogP contribution in [-0.2, 0) is 14.8 Å². The van der Waals surface area contributed by atoms with Crippen LogP contribution in [0.3, 0.4) is 0 Å². The van der Waals surface area contributed by atoms with E-state index in [2.05, 4.69) is 9.71 Å². The zero-order valence-electron chi connectivity index (χ0n) is 7.39. The Balaban J connectivity index is 2.63. The lowest BCUT2D eigenvalue weighted by Crippen LogP contribution is -2.22. The molecule has 1 N–H and O–H groups in total. The summed E-state index contributed by atoms with van der Waals surface area (Å²) < 4.78 is 31.2. The number of rotatable bonds is 0. The molecule has 1 aromatic carbocycles. The molecule has 0 saturated carbocycles. The zero-order valence-corrected chi connectivity index (χ0v) is 8.21. The van der Waals surface area contributed by atoms with Gasteiger partial charge in [-0.1, -0.05) is 12.1 Å². The van der Waals surface area contributed by atoms with Gasteiger partial charge in [-0.15, -0.1) is 4.40 Å². The van der Waals surface area contributed by atoms with E-state index in [0.717, 1.165) is 0 Å². The van der Waals surface area contributed by atoms with E-state index in [-0.39, 0.29) is 10.9 Å². The second kappa shape index (κ2) is 2.98. The standard InChI is InChI=1S/C8H8N2O3S/c1-13-8-9-6-4-2-3-5-7(6)14(11,12)10-8/h2-5H,1H3,(H,9,10). The number of methoxy groups -OCH3 is 1. The van der Waals surface area contributed by atoms with E-state index in [0.29, 0.717) is 5.69 Å². The number of nitrogens with zero attached hydrogens (tertiary/aromatic N) is 1. The fourth-order valence-corrected chi connectivity index (χ4v) is 2.26. The van der Waals surface area contributed by atoms with E-state index in [1.807, 2.05) is 0 Å². The van der Waals surface area contributed by atoms with Gasteiger partial charge >= 0.3 is 6.02 Å². The molecule has 1 aliphatic heterocycles. The molecule has 0 aromatic heterocycles. The van der Waals surface area contributed by atoms with Gasteiger partial charge in [-0.2, -0.15) is 8.42 Å². The SMILES string of the molecule is COC1=NS(=O)(=O)c2ccccc2N1. The molecule has 1 aromatic rings. The average molecular weight is 212 g/mol. The lowest BCUT2D eigenvalue weighted by atomic mass is 10.3. The summed E-state index contributed by atoms with van der Waals surface area (Å²) in [5.74, 6) is 0. The summed E-state index contributed by atoms with van der Waals surface area (Å²) in [7, 11) is -2.25. The van der Waals surface area contributed by atoms with Crippen LogP contribution >= 0.6 is 0 Å². The van der Waals surface area contributed by atoms with Crippen LogP contribution in [-0.4, -0.2) is 21.5 Å². The summed E-state index contributed by atoms with van der Waals surface area (Å²) in [6.45, 7) is 0. The molecule has 0 radical (unpaired) electrons. The maximum atomic E-state index is 11.5. The molecule has 0 bridgehead atoms. The summed E-state index contributed by atoms with van der Waals surface area (Å²) in [6, 6.07) is 6.52. The molecule has 0 spiro atoms. The van der Waals surface area contributed by atoms with Crippen LogP contribution in [0.2, 0.25) is 0 Å². The van der Waals surface area contributed by atoms with Crippen molar-refractivity contribution in [2.45, 2.75) is 4.90 Å². The first-order chi connectivity index (χ1) is 6.63. The van der Waals surface area contributed by atoms with Crippen molar-refractivity contribution in [2.24, 2.45) is 4.40 Å². The second-order valence-corrected chi connectivity index (χ2v) is 4.27. The van der Waals surface area contributed by atoms with Crippen LogP contribution in [0.5, 0.6) is 0 Å². The Hall–Kier alpha value is -1.56. The van der Waals surface area contributed by atoms with Crippen molar-refractivity contribution in [1.29, 1.82) is 0 Å². The highest BCUT2D eigenvalue weighted by Crippen LogP contribution is 2.26. The van der Waals surface area contributed by atoms with Crippen LogP contribution in [0.15, 0.2) is 33.6 Å². The monoisotopic (exact) mass is 212 g/mol. The molecule has 0 fully saturated rings. The molecule has 0 aliphatic carbocycles. The molecule has 1 heterocycles. The fourth-order valence-electron chi connectivity index (χ4n) is 1.18. The highest BCUT2D eigenvalue weighted by Gasteiger charge is 2.24. The van der Waals surface area contributed by atoms with Crippen molar-refractivity contribution in [2.75, 3.05) is 12.4 Å². The molecule has 6 heteroatoms. The molecule has 14 heavy (non-hydrogen) atoms. The van der Waals surface area contributed by atoms with E-state index in [4.69, 9.17) is 4.74 Å². The first kappa shape index (κ1) is 9.01. The lowest BCUT2D eigenvalue weighted by Gasteiger charge is -2.15. The first-order valence-electron chi connectivity index (χ1n) is 3.88. The molecule has 5 nitrogen and oxygen atoms in total. The van der Waals surface area contributed by atoms with E-state index >= 15 is 0 Å². The largest absolute Gasteiger partial charge is 0.468 e. The summed E-state index contributed by atoms with van der Waals surface area (Å²) in [5, 5.41) is 2.75. The fraction of sp³-hybridized carbons (Fsp3) is 0.125. The predicted molar refractivity (Wildman–Crippen MR) is 51.7 cm³/mol. The number of amidine groups is 1. The molecule has 74 valence electrons. The number of benzene rings is 1. The first-order valence-corrected chi connectivity index (χ1v) is 5.32. The molecule has 0 unspecified atom stereocenters. The van der Waals surface area contributed by atoms with Gasteiger partial charge in [0.05, 0.1) is 12.8 Å². The maximum Gasteiger partial charge on any atom is 0.305 e. The highest BCUT2D eigenvalue weighted by atomic mass is 32.2. The Morgan fingerprint density at radius 1 is 1.36 bits per heavy atom. The Bertz CT molecular complexity index is 493. The van der Waals surface area contributed by atoms with Gasteiger partial charge in [0, 0.05) is 0 Å². The Morgan fingerprint density at radius 2 is 2.07 bits per heavy atom. The molecule has 0 amide bonds. The van der Waals surface area contributed by atoms with Gasteiger partial charge in [-0.3, -0.25) is 0 Å². The normalized spacial score (nSPS) is 17.6. The van der Waals surface area contributed by atoms with Crippen molar-refractivity contribution < 1.29 is 13.2 Å². The minimum absolute atomic E-state index is 0.0105. The highest BCUT2D eigenvalue weighted by molar-refractivity contribution is 7.90. The van der Waals surface area contributed by atoms with Gasteiger partial charge in [0.1, 0.15) is 4.90 Å². The third-order valence-electron chi connectivity index (χ3n) is 1.80. The molecule has 0 saturated heterocycles. The van der Waals surface area contributed by atoms with E-state index in [1.165, 1.54) is 13.2 Å². The Morgan fingerprint density at radius 3 is 2.79 bits per heavy atom. The number of nitrogens with one attached hydrogen (secondary N) is 1. The van der Waals surface area contributed by atoms with Crippen molar-refractivity contribution in [3.8, 4) is 0 Å². The molecular formula is C8H8N2O3S. The summed E-state index contributed by atoms with van der Waals surface area (Å²) in [5.41, 5.74) is 0.486. The van der Waals surface area contributed by atoms with Gasteiger partial charge in [-0.25, -0.2) is 0 Å². The number of sulfonamides is 1. The molecular weight excluding hydrogens is 204 g/mol. The van der Waals surface area contributed by atoms with E-state index < -0.39 is 10.0 Å². The number of hydrogen-bond donors (Lipinski definition) is 1. The zero-order chi connectivity index (χ0) is 10.2. The number of hydrogen-bond acceptors (Lipinski definition) is 4. The molecule has 1 aliphatic rings. The Labute approximate surface area is 81.5 Å². The average Bonchev–Trinajstić information content (AvgIpc) is 2.17. The van der Waals surface area contributed by atoms with Gasteiger partial charge < -0.3 is 10.1 Å². The summed E-state index contributed by atoms with van der Waals surface area (Å²) >= 11 is 0. The number of fused-ring (bicyclic) bond motifs is 1. The number of ether oxygens (including phenoxy) is 1. The van der Waals surface area contributed by atoms with Crippen LogP contribution < -0.4 is 5.32 Å². The minimum Gasteiger partial charge on any atom is -0.468 e. The summed E-state index contributed by atoms with van der Waals surface area (Å²) in [4.78, 5) is 0.167. The predicted octanol–water partition coefficient (Wildman–Crippen LogP) is 0.803.